The number of nitrogens with one attached hydrogen (secondary N) is 1. The average molecular weight is 292 g/mol. The minimum atomic E-state index is 0.594. The third-order valence-electron chi connectivity index (χ3n) is 3.55. The number of ether oxygens (including phenoxy) is 2. The summed E-state index contributed by atoms with van der Waals surface area (Å²) in [6.07, 6.45) is 2.48. The van der Waals surface area contributed by atoms with Crippen molar-refractivity contribution in [1.29, 1.82) is 0 Å². The molecule has 1 aliphatic carbocycles. The molecule has 1 aliphatic heterocycles. The van der Waals surface area contributed by atoms with Crippen molar-refractivity contribution >= 4 is 17.3 Å². The van der Waals surface area contributed by atoms with Crippen molar-refractivity contribution in [2.24, 2.45) is 0 Å². The molecule has 0 atom stereocenters. The normalized spacial score (nSPS) is 16.6. The summed E-state index contributed by atoms with van der Waals surface area (Å²) < 4.78 is 11.2. The van der Waals surface area contributed by atoms with Gasteiger partial charge in [0, 0.05) is 19.1 Å². The Labute approximate surface area is 125 Å². The van der Waals surface area contributed by atoms with Crippen LogP contribution in [0.15, 0.2) is 18.2 Å². The Morgan fingerprint density at radius 3 is 2.75 bits per heavy atom. The molecule has 1 fully saturated rings. The second-order valence-electron chi connectivity index (χ2n) is 5.22. The Morgan fingerprint density at radius 1 is 1.30 bits per heavy atom. The van der Waals surface area contributed by atoms with E-state index in [4.69, 9.17) is 21.7 Å². The van der Waals surface area contributed by atoms with Crippen molar-refractivity contribution in [1.82, 2.24) is 10.2 Å². The van der Waals surface area contributed by atoms with E-state index in [1.54, 1.807) is 0 Å². The molecule has 4 nitrogen and oxygen atoms in total. The Balaban J connectivity index is 1.66. The predicted molar refractivity (Wildman–Crippen MR) is 82.3 cm³/mol. The van der Waals surface area contributed by atoms with Gasteiger partial charge in [0.05, 0.1) is 0 Å². The van der Waals surface area contributed by atoms with Crippen LogP contribution in [0.25, 0.3) is 0 Å². The molecule has 5 heteroatoms. The van der Waals surface area contributed by atoms with E-state index in [1.807, 2.05) is 6.07 Å². The number of fused-ring (bicyclic) bond motifs is 1. The predicted octanol–water partition coefficient (Wildman–Crippen LogP) is 2.32. The lowest BCUT2D eigenvalue weighted by Gasteiger charge is -2.25. The topological polar surface area (TPSA) is 33.7 Å². The molecule has 0 saturated heterocycles. The molecule has 1 heterocycles. The SMILES string of the molecule is CCN(Cc1ccc2c(c1)OCCO2)C(=S)NC1CC1. The van der Waals surface area contributed by atoms with Crippen LogP contribution >= 0.6 is 12.2 Å². The van der Waals surface area contributed by atoms with Crippen LogP contribution in [0.4, 0.5) is 0 Å². The maximum atomic E-state index is 5.62. The van der Waals surface area contributed by atoms with Gasteiger partial charge in [0.25, 0.3) is 0 Å². The van der Waals surface area contributed by atoms with Gasteiger partial charge in [0.1, 0.15) is 13.2 Å². The first kappa shape index (κ1) is 13.5. The van der Waals surface area contributed by atoms with Crippen LogP contribution in [0.5, 0.6) is 11.5 Å². The summed E-state index contributed by atoms with van der Waals surface area (Å²) in [5.41, 5.74) is 1.19. The number of benzene rings is 1. The van der Waals surface area contributed by atoms with E-state index in [2.05, 4.69) is 29.3 Å². The molecule has 1 aromatic carbocycles. The lowest BCUT2D eigenvalue weighted by molar-refractivity contribution is 0.171. The molecule has 0 amide bonds. The Hall–Kier alpha value is -1.49. The van der Waals surface area contributed by atoms with E-state index in [0.29, 0.717) is 19.3 Å². The minimum absolute atomic E-state index is 0.594. The molecule has 0 unspecified atom stereocenters. The third kappa shape index (κ3) is 3.15. The summed E-state index contributed by atoms with van der Waals surface area (Å²) in [6, 6.07) is 6.71. The fourth-order valence-corrected chi connectivity index (χ4v) is 2.59. The van der Waals surface area contributed by atoms with Gasteiger partial charge in [0.2, 0.25) is 0 Å². The van der Waals surface area contributed by atoms with Crippen LogP contribution in [0.1, 0.15) is 25.3 Å². The van der Waals surface area contributed by atoms with E-state index >= 15 is 0 Å². The van der Waals surface area contributed by atoms with Crippen molar-refractivity contribution in [2.45, 2.75) is 32.4 Å². The van der Waals surface area contributed by atoms with Gasteiger partial charge >= 0.3 is 0 Å². The van der Waals surface area contributed by atoms with Crippen LogP contribution in [-0.4, -0.2) is 35.8 Å². The lowest BCUT2D eigenvalue weighted by atomic mass is 10.2. The van der Waals surface area contributed by atoms with Gasteiger partial charge in [0.15, 0.2) is 16.6 Å². The van der Waals surface area contributed by atoms with Crippen LogP contribution in [0.3, 0.4) is 0 Å². The highest BCUT2D eigenvalue weighted by molar-refractivity contribution is 7.80. The van der Waals surface area contributed by atoms with Crippen molar-refractivity contribution in [3.05, 3.63) is 23.8 Å². The molecule has 1 aromatic rings. The molecule has 0 bridgehead atoms. The first-order valence-corrected chi connectivity index (χ1v) is 7.61. The van der Waals surface area contributed by atoms with Crippen molar-refractivity contribution in [3.8, 4) is 11.5 Å². The summed E-state index contributed by atoms with van der Waals surface area (Å²) in [7, 11) is 0. The van der Waals surface area contributed by atoms with Crippen LogP contribution in [0.2, 0.25) is 0 Å². The monoisotopic (exact) mass is 292 g/mol. The van der Waals surface area contributed by atoms with Crippen LogP contribution in [0, 0.1) is 0 Å². The zero-order valence-corrected chi connectivity index (χ0v) is 12.5. The zero-order chi connectivity index (χ0) is 13.9. The van der Waals surface area contributed by atoms with Gasteiger partial charge in [-0.25, -0.2) is 0 Å². The maximum absolute atomic E-state index is 5.62. The average Bonchev–Trinajstić information content (AvgIpc) is 3.28. The molecule has 0 radical (unpaired) electrons. The highest BCUT2D eigenvalue weighted by Crippen LogP contribution is 2.31. The fraction of sp³-hybridized carbons (Fsp3) is 0.533. The summed E-state index contributed by atoms with van der Waals surface area (Å²) in [5, 5.41) is 4.24. The van der Waals surface area contributed by atoms with E-state index in [0.717, 1.165) is 29.7 Å². The van der Waals surface area contributed by atoms with Gasteiger partial charge in [-0.3, -0.25) is 0 Å². The quantitative estimate of drug-likeness (QED) is 0.861. The number of hydrogen-bond donors (Lipinski definition) is 1. The van der Waals surface area contributed by atoms with Crippen molar-refractivity contribution in [3.63, 3.8) is 0 Å². The van der Waals surface area contributed by atoms with Gasteiger partial charge < -0.3 is 19.7 Å². The van der Waals surface area contributed by atoms with Crippen molar-refractivity contribution in [2.75, 3.05) is 19.8 Å². The van der Waals surface area contributed by atoms with E-state index in [-0.39, 0.29) is 0 Å². The molecule has 0 aromatic heterocycles. The second kappa shape index (κ2) is 5.87. The second-order valence-corrected chi connectivity index (χ2v) is 5.60. The molecule has 20 heavy (non-hydrogen) atoms. The summed E-state index contributed by atoms with van der Waals surface area (Å²) in [5.74, 6) is 1.67. The lowest BCUT2D eigenvalue weighted by Crippen LogP contribution is -2.40. The first-order valence-electron chi connectivity index (χ1n) is 7.20. The molecule has 0 spiro atoms. The Morgan fingerprint density at radius 2 is 2.05 bits per heavy atom. The van der Waals surface area contributed by atoms with Crippen LogP contribution in [-0.2, 0) is 6.54 Å². The zero-order valence-electron chi connectivity index (χ0n) is 11.7. The smallest absolute Gasteiger partial charge is 0.169 e. The maximum Gasteiger partial charge on any atom is 0.169 e. The van der Waals surface area contributed by atoms with E-state index in [1.165, 1.54) is 18.4 Å². The Kier molecular flexibility index (Phi) is 3.96. The standard InChI is InChI=1S/C15H20N2O2S/c1-2-17(15(20)16-12-4-5-12)10-11-3-6-13-14(9-11)19-8-7-18-13/h3,6,9,12H,2,4-5,7-8,10H2,1H3,(H,16,20). The highest BCUT2D eigenvalue weighted by Gasteiger charge is 2.23. The van der Waals surface area contributed by atoms with Gasteiger partial charge in [-0.05, 0) is 49.7 Å². The molecular formula is C15H20N2O2S. The van der Waals surface area contributed by atoms with Crippen molar-refractivity contribution < 1.29 is 9.47 Å². The van der Waals surface area contributed by atoms with Gasteiger partial charge in [-0.15, -0.1) is 0 Å². The largest absolute Gasteiger partial charge is 0.486 e. The molecule has 2 aliphatic rings. The molecule has 1 N–H and O–H groups in total. The van der Waals surface area contributed by atoms with E-state index < -0.39 is 0 Å². The summed E-state index contributed by atoms with van der Waals surface area (Å²) in [4.78, 5) is 2.18. The molecule has 1 saturated carbocycles. The van der Waals surface area contributed by atoms with Crippen LogP contribution < -0.4 is 14.8 Å². The van der Waals surface area contributed by atoms with E-state index in [9.17, 15) is 0 Å². The number of hydrogen-bond acceptors (Lipinski definition) is 3. The Bertz CT molecular complexity index is 503. The summed E-state index contributed by atoms with van der Waals surface area (Å²) >= 11 is 5.47. The molecular weight excluding hydrogens is 272 g/mol. The van der Waals surface area contributed by atoms with Gasteiger partial charge in [-0.1, -0.05) is 6.07 Å². The van der Waals surface area contributed by atoms with Gasteiger partial charge in [-0.2, -0.15) is 0 Å². The number of rotatable bonds is 4. The molecule has 108 valence electrons. The number of nitrogens with zero attached hydrogens (tertiary/aromatic N) is 1. The first-order chi connectivity index (χ1) is 9.76. The molecule has 3 rings (SSSR count). The third-order valence-corrected chi connectivity index (χ3v) is 3.93. The fourth-order valence-electron chi connectivity index (χ4n) is 2.23. The highest BCUT2D eigenvalue weighted by atomic mass is 32.1. The minimum Gasteiger partial charge on any atom is -0.486 e. The summed E-state index contributed by atoms with van der Waals surface area (Å²) in [6.45, 7) is 5.07. The number of thiocarbonyl (C=S) groups is 1.